The normalized spacial score (nSPS) is 13.7. The Labute approximate surface area is 155 Å². The summed E-state index contributed by atoms with van der Waals surface area (Å²) >= 11 is 6.05. The van der Waals surface area contributed by atoms with Gasteiger partial charge in [0.25, 0.3) is 0 Å². The van der Waals surface area contributed by atoms with Crippen molar-refractivity contribution < 1.29 is 19.4 Å². The maximum absolute atomic E-state index is 12.4. The number of nitrogens with two attached hydrogens (primary N) is 1. The molecule has 1 amide bonds. The summed E-state index contributed by atoms with van der Waals surface area (Å²) < 4.78 is 6.66. The first kappa shape index (κ1) is 19.6. The molecule has 0 fully saturated rings. The number of carbonyl (C=O) groups excluding carboxylic acids is 1. The Morgan fingerprint density at radius 3 is 2.46 bits per heavy atom. The predicted octanol–water partition coefficient (Wildman–Crippen LogP) is 2.51. The average molecular weight is 381 g/mol. The van der Waals surface area contributed by atoms with Gasteiger partial charge in [0.1, 0.15) is 11.3 Å². The van der Waals surface area contributed by atoms with Gasteiger partial charge in [0.05, 0.1) is 0 Å². The summed E-state index contributed by atoms with van der Waals surface area (Å²) in [5.41, 5.74) is 3.40. The second-order valence-electron chi connectivity index (χ2n) is 6.79. The smallest absolute Gasteiger partial charge is 0.409 e. The number of carboxylic acid groups (broad SMARTS) is 1. The van der Waals surface area contributed by atoms with E-state index in [2.05, 4.69) is 10.4 Å². The van der Waals surface area contributed by atoms with Crippen LogP contribution >= 0.6 is 11.6 Å². The topological polar surface area (TPSA) is 119 Å². The molecular formula is C17H21ClN4O4. The van der Waals surface area contributed by atoms with Gasteiger partial charge in [0.2, 0.25) is 5.54 Å². The van der Waals surface area contributed by atoms with Crippen LogP contribution in [0.25, 0.3) is 0 Å². The van der Waals surface area contributed by atoms with Crippen LogP contribution in [0.1, 0.15) is 32.0 Å². The number of alkyl carbamates (subject to hydrolysis) is 1. The average Bonchev–Trinajstić information content (AvgIpc) is 2.92. The van der Waals surface area contributed by atoms with Crippen LogP contribution in [0.2, 0.25) is 5.02 Å². The third-order valence-electron chi connectivity index (χ3n) is 3.53. The summed E-state index contributed by atoms with van der Waals surface area (Å²) in [4.78, 5) is 24.8. The highest BCUT2D eigenvalue weighted by Gasteiger charge is 2.48. The van der Waals surface area contributed by atoms with Crippen LogP contribution in [0.15, 0.2) is 30.5 Å². The maximum Gasteiger partial charge on any atom is 0.409 e. The Morgan fingerprint density at radius 2 is 1.96 bits per heavy atom. The lowest BCUT2D eigenvalue weighted by molar-refractivity contribution is -0.143. The molecule has 8 nitrogen and oxygen atoms in total. The number of carboxylic acids is 1. The molecule has 9 heteroatoms. The Balaban J connectivity index is 2.68. The summed E-state index contributed by atoms with van der Waals surface area (Å²) in [6.07, 6.45) is 0.634. The third kappa shape index (κ3) is 3.91. The lowest BCUT2D eigenvalue weighted by Gasteiger charge is -2.31. The second-order valence-corrected chi connectivity index (χ2v) is 7.22. The van der Waals surface area contributed by atoms with Gasteiger partial charge in [-0.05, 0) is 45.0 Å². The Kier molecular flexibility index (Phi) is 5.18. The maximum atomic E-state index is 12.4. The fraction of sp³-hybridized carbons (Fsp3) is 0.353. The molecule has 1 heterocycles. The number of nitrogens with zero attached hydrogens (tertiary/aromatic N) is 2. The molecule has 0 saturated carbocycles. The number of amides is 1. The number of nitrogens with one attached hydrogen (secondary N) is 1. The van der Waals surface area contributed by atoms with E-state index in [1.807, 2.05) is 0 Å². The first-order valence-electron chi connectivity index (χ1n) is 7.76. The molecule has 1 atom stereocenters. The van der Waals surface area contributed by atoms with E-state index in [1.54, 1.807) is 34.0 Å². The Morgan fingerprint density at radius 1 is 1.31 bits per heavy atom. The van der Waals surface area contributed by atoms with Crippen LogP contribution in [0.5, 0.6) is 0 Å². The van der Waals surface area contributed by atoms with Crippen molar-refractivity contribution in [2.75, 3.05) is 5.73 Å². The van der Waals surface area contributed by atoms with Gasteiger partial charge < -0.3 is 15.6 Å². The second kappa shape index (κ2) is 6.87. The summed E-state index contributed by atoms with van der Waals surface area (Å²) in [6.45, 7) is 5.01. The van der Waals surface area contributed by atoms with Crippen LogP contribution < -0.4 is 11.1 Å². The summed E-state index contributed by atoms with van der Waals surface area (Å²) in [5, 5.41) is 16.9. The summed E-state index contributed by atoms with van der Waals surface area (Å²) in [7, 11) is 1.63. The Bertz CT molecular complexity index is 844. The SMILES string of the molecule is Cn1ccc(C(NC(=O)OC(C)(C)C)(C(=O)O)c2cc(Cl)ccc2N)n1. The van der Waals surface area contributed by atoms with E-state index in [0.29, 0.717) is 0 Å². The predicted molar refractivity (Wildman–Crippen MR) is 96.9 cm³/mol. The lowest BCUT2D eigenvalue weighted by atomic mass is 9.85. The number of hydrogen-bond acceptors (Lipinski definition) is 5. The molecule has 1 aromatic heterocycles. The standard InChI is InChI=1S/C17H21ClN4O4/c1-16(2,3)26-15(25)20-17(14(23)24,13-7-8-22(4)21-13)11-9-10(18)5-6-12(11)19/h5-9H,19H2,1-4H3,(H,20,25)(H,23,24). The highest BCUT2D eigenvalue weighted by molar-refractivity contribution is 6.30. The number of nitrogen functional groups attached to an aromatic ring is 1. The van der Waals surface area contributed by atoms with Gasteiger partial charge in [-0.2, -0.15) is 5.10 Å². The molecular weight excluding hydrogens is 360 g/mol. The van der Waals surface area contributed by atoms with Crippen molar-refractivity contribution in [1.82, 2.24) is 15.1 Å². The van der Waals surface area contributed by atoms with E-state index < -0.39 is 23.2 Å². The van der Waals surface area contributed by atoms with Crippen LogP contribution in [0.4, 0.5) is 10.5 Å². The minimum absolute atomic E-state index is 0.0623. The molecule has 26 heavy (non-hydrogen) atoms. The number of hydrogen-bond donors (Lipinski definition) is 3. The van der Waals surface area contributed by atoms with Crippen LogP contribution in [0.3, 0.4) is 0 Å². The number of rotatable bonds is 4. The number of ether oxygens (including phenoxy) is 1. The molecule has 2 aromatic rings. The van der Waals surface area contributed by atoms with Gasteiger partial charge in [-0.25, -0.2) is 9.59 Å². The van der Waals surface area contributed by atoms with Gasteiger partial charge in [0, 0.05) is 29.5 Å². The van der Waals surface area contributed by atoms with Gasteiger partial charge in [0.15, 0.2) is 0 Å². The number of benzene rings is 1. The van der Waals surface area contributed by atoms with Gasteiger partial charge in [-0.1, -0.05) is 11.6 Å². The number of aryl methyl sites for hydroxylation is 1. The van der Waals surface area contributed by atoms with E-state index in [1.165, 1.54) is 28.9 Å². The van der Waals surface area contributed by atoms with Crippen molar-refractivity contribution in [3.63, 3.8) is 0 Å². The minimum atomic E-state index is -2.07. The zero-order valence-corrected chi connectivity index (χ0v) is 15.7. The van der Waals surface area contributed by atoms with Crippen molar-refractivity contribution in [3.05, 3.63) is 46.7 Å². The number of anilines is 1. The summed E-state index contributed by atoms with van der Waals surface area (Å²) in [5.74, 6) is -1.38. The molecule has 1 unspecified atom stereocenters. The molecule has 0 aliphatic carbocycles. The van der Waals surface area contributed by atoms with Gasteiger partial charge in [-0.3, -0.25) is 10.00 Å². The van der Waals surface area contributed by atoms with Crippen molar-refractivity contribution >= 4 is 29.4 Å². The van der Waals surface area contributed by atoms with Crippen molar-refractivity contribution in [3.8, 4) is 0 Å². The van der Waals surface area contributed by atoms with E-state index in [4.69, 9.17) is 22.1 Å². The fourth-order valence-electron chi connectivity index (χ4n) is 2.47. The fourth-order valence-corrected chi connectivity index (χ4v) is 2.64. The van der Waals surface area contributed by atoms with E-state index in [0.717, 1.165) is 0 Å². The molecule has 140 valence electrons. The largest absolute Gasteiger partial charge is 0.479 e. The Hall–Kier alpha value is -2.74. The number of aromatic nitrogens is 2. The zero-order valence-electron chi connectivity index (χ0n) is 14.9. The van der Waals surface area contributed by atoms with Gasteiger partial charge >= 0.3 is 12.1 Å². The van der Waals surface area contributed by atoms with Crippen LogP contribution in [-0.4, -0.2) is 32.6 Å². The molecule has 0 spiro atoms. The highest BCUT2D eigenvalue weighted by Crippen LogP contribution is 2.35. The third-order valence-corrected chi connectivity index (χ3v) is 3.76. The molecule has 0 aliphatic heterocycles. The van der Waals surface area contributed by atoms with Crippen molar-refractivity contribution in [1.29, 1.82) is 0 Å². The number of carbonyl (C=O) groups is 2. The van der Waals surface area contributed by atoms with Crippen LogP contribution in [0, 0.1) is 0 Å². The first-order chi connectivity index (χ1) is 12.0. The molecule has 4 N–H and O–H groups in total. The van der Waals surface area contributed by atoms with Crippen LogP contribution in [-0.2, 0) is 22.1 Å². The molecule has 0 bridgehead atoms. The van der Waals surface area contributed by atoms with Crippen molar-refractivity contribution in [2.45, 2.75) is 31.9 Å². The van der Waals surface area contributed by atoms with Gasteiger partial charge in [-0.15, -0.1) is 0 Å². The van der Waals surface area contributed by atoms with E-state index in [9.17, 15) is 14.7 Å². The highest BCUT2D eigenvalue weighted by atomic mass is 35.5. The quantitative estimate of drug-likeness (QED) is 0.701. The number of aliphatic carboxylic acids is 1. The molecule has 0 radical (unpaired) electrons. The summed E-state index contributed by atoms with van der Waals surface area (Å²) in [6, 6.07) is 5.86. The van der Waals surface area contributed by atoms with E-state index in [-0.39, 0.29) is 22.0 Å². The molecule has 0 aliphatic rings. The zero-order chi connectivity index (χ0) is 19.7. The molecule has 1 aromatic carbocycles. The first-order valence-corrected chi connectivity index (χ1v) is 8.13. The molecule has 2 rings (SSSR count). The minimum Gasteiger partial charge on any atom is -0.479 e. The van der Waals surface area contributed by atoms with Crippen molar-refractivity contribution in [2.24, 2.45) is 7.05 Å². The monoisotopic (exact) mass is 380 g/mol. The van der Waals surface area contributed by atoms with E-state index >= 15 is 0 Å². The number of halogens is 1. The lowest BCUT2D eigenvalue weighted by Crippen LogP contribution is -2.54. The molecule has 0 saturated heterocycles.